The molecule has 0 bridgehead atoms. The molecule has 92 valence electrons. The lowest BCUT2D eigenvalue weighted by Gasteiger charge is -2.16. The van der Waals surface area contributed by atoms with Gasteiger partial charge in [0.1, 0.15) is 0 Å². The van der Waals surface area contributed by atoms with E-state index in [0.717, 1.165) is 42.5 Å². The molecule has 1 aromatic carbocycles. The zero-order valence-electron chi connectivity index (χ0n) is 9.86. The Hall–Kier alpha value is -1.61. The molecule has 1 aromatic heterocycles. The molecular formula is C14H13ClN2O. The second-order valence-electron chi connectivity index (χ2n) is 4.51. The summed E-state index contributed by atoms with van der Waals surface area (Å²) in [4.78, 5) is 8.75. The third-order valence-corrected chi connectivity index (χ3v) is 3.52. The summed E-state index contributed by atoms with van der Waals surface area (Å²) in [5.41, 5.74) is 2.78. The average molecular weight is 261 g/mol. The zero-order valence-corrected chi connectivity index (χ0v) is 10.6. The van der Waals surface area contributed by atoms with Gasteiger partial charge in [-0.05, 0) is 49.9 Å². The van der Waals surface area contributed by atoms with E-state index in [1.54, 1.807) is 12.1 Å². The molecule has 1 heterocycles. The molecule has 0 radical (unpaired) electrons. The van der Waals surface area contributed by atoms with Crippen LogP contribution < -0.4 is 0 Å². The van der Waals surface area contributed by atoms with Gasteiger partial charge in [-0.2, -0.15) is 4.98 Å². The van der Waals surface area contributed by atoms with Crippen LogP contribution in [0.1, 0.15) is 24.1 Å². The van der Waals surface area contributed by atoms with E-state index in [9.17, 15) is 5.11 Å². The molecule has 3 rings (SSSR count). The van der Waals surface area contributed by atoms with Crippen LogP contribution in [0, 0.1) is 0 Å². The minimum absolute atomic E-state index is 0.129. The Morgan fingerprint density at radius 2 is 1.72 bits per heavy atom. The third kappa shape index (κ3) is 2.06. The molecule has 0 spiro atoms. The molecule has 1 aliphatic rings. The standard InChI is InChI=1S/C14H13ClN2O/c15-10-7-5-9(6-8-10)13-16-12-4-2-1-3-11(12)14(18)17-13/h5-8H,1-4H2,(H,16,17,18). The van der Waals surface area contributed by atoms with Gasteiger partial charge < -0.3 is 5.11 Å². The number of fused-ring (bicyclic) bond motifs is 1. The number of hydrogen-bond donors (Lipinski definition) is 1. The molecular weight excluding hydrogens is 248 g/mol. The van der Waals surface area contributed by atoms with Crippen LogP contribution in [0.4, 0.5) is 0 Å². The van der Waals surface area contributed by atoms with Crippen molar-refractivity contribution in [2.75, 3.05) is 0 Å². The van der Waals surface area contributed by atoms with E-state index < -0.39 is 0 Å². The van der Waals surface area contributed by atoms with Crippen molar-refractivity contribution >= 4 is 11.6 Å². The van der Waals surface area contributed by atoms with Crippen molar-refractivity contribution in [1.29, 1.82) is 0 Å². The van der Waals surface area contributed by atoms with E-state index in [-0.39, 0.29) is 5.88 Å². The van der Waals surface area contributed by atoms with Crippen LogP contribution in [0.25, 0.3) is 11.4 Å². The molecule has 0 saturated carbocycles. The van der Waals surface area contributed by atoms with Crippen LogP contribution in [-0.2, 0) is 12.8 Å². The van der Waals surface area contributed by atoms with Crippen LogP contribution >= 0.6 is 11.6 Å². The minimum atomic E-state index is 0.129. The summed E-state index contributed by atoms with van der Waals surface area (Å²) in [7, 11) is 0. The Labute approximate surface area is 110 Å². The summed E-state index contributed by atoms with van der Waals surface area (Å²) in [5.74, 6) is 0.703. The van der Waals surface area contributed by atoms with Gasteiger partial charge in [-0.3, -0.25) is 0 Å². The first-order valence-electron chi connectivity index (χ1n) is 6.09. The smallest absolute Gasteiger partial charge is 0.217 e. The van der Waals surface area contributed by atoms with E-state index in [4.69, 9.17) is 11.6 Å². The quantitative estimate of drug-likeness (QED) is 0.855. The molecule has 1 aliphatic carbocycles. The number of rotatable bonds is 1. The Kier molecular flexibility index (Phi) is 2.92. The number of aryl methyl sites for hydroxylation is 1. The van der Waals surface area contributed by atoms with Gasteiger partial charge in [0, 0.05) is 16.1 Å². The maximum atomic E-state index is 9.98. The molecule has 3 nitrogen and oxygen atoms in total. The maximum Gasteiger partial charge on any atom is 0.217 e. The van der Waals surface area contributed by atoms with Crippen molar-refractivity contribution in [2.45, 2.75) is 25.7 Å². The van der Waals surface area contributed by atoms with Gasteiger partial charge in [-0.25, -0.2) is 4.98 Å². The Bertz CT molecular complexity index is 581. The second kappa shape index (κ2) is 4.58. The second-order valence-corrected chi connectivity index (χ2v) is 4.95. The van der Waals surface area contributed by atoms with Gasteiger partial charge in [-0.1, -0.05) is 11.6 Å². The molecule has 18 heavy (non-hydrogen) atoms. The summed E-state index contributed by atoms with van der Waals surface area (Å²) in [5, 5.41) is 10.7. The van der Waals surface area contributed by atoms with Crippen molar-refractivity contribution in [3.8, 4) is 17.3 Å². The van der Waals surface area contributed by atoms with Crippen molar-refractivity contribution in [3.05, 3.63) is 40.5 Å². The number of nitrogens with zero attached hydrogens (tertiary/aromatic N) is 2. The highest BCUT2D eigenvalue weighted by Gasteiger charge is 2.17. The van der Waals surface area contributed by atoms with Gasteiger partial charge in [0.25, 0.3) is 0 Å². The van der Waals surface area contributed by atoms with E-state index in [1.165, 1.54) is 0 Å². The number of halogens is 1. The van der Waals surface area contributed by atoms with Gasteiger partial charge in [0.05, 0.1) is 5.69 Å². The lowest BCUT2D eigenvalue weighted by molar-refractivity contribution is 0.437. The maximum absolute atomic E-state index is 9.98. The lowest BCUT2D eigenvalue weighted by atomic mass is 9.96. The molecule has 0 aliphatic heterocycles. The highest BCUT2D eigenvalue weighted by Crippen LogP contribution is 2.29. The summed E-state index contributed by atoms with van der Waals surface area (Å²) in [6.07, 6.45) is 4.03. The fourth-order valence-corrected chi connectivity index (χ4v) is 2.43. The molecule has 0 unspecified atom stereocenters. The summed E-state index contributed by atoms with van der Waals surface area (Å²) < 4.78 is 0. The first-order chi connectivity index (χ1) is 8.74. The van der Waals surface area contributed by atoms with E-state index in [0.29, 0.717) is 10.8 Å². The topological polar surface area (TPSA) is 46.0 Å². The molecule has 4 heteroatoms. The molecule has 2 aromatic rings. The first kappa shape index (κ1) is 11.5. The third-order valence-electron chi connectivity index (χ3n) is 3.26. The van der Waals surface area contributed by atoms with E-state index >= 15 is 0 Å². The zero-order chi connectivity index (χ0) is 12.5. The molecule has 0 amide bonds. The van der Waals surface area contributed by atoms with Gasteiger partial charge >= 0.3 is 0 Å². The SMILES string of the molecule is Oc1nc(-c2ccc(Cl)cc2)nc2c1CCCC2. The number of benzene rings is 1. The summed E-state index contributed by atoms with van der Waals surface area (Å²) in [6, 6.07) is 7.34. The normalized spacial score (nSPS) is 14.3. The monoisotopic (exact) mass is 260 g/mol. The predicted octanol–water partition coefficient (Wildman–Crippen LogP) is 3.38. The highest BCUT2D eigenvalue weighted by molar-refractivity contribution is 6.30. The summed E-state index contributed by atoms with van der Waals surface area (Å²) in [6.45, 7) is 0. The Morgan fingerprint density at radius 3 is 2.50 bits per heavy atom. The largest absolute Gasteiger partial charge is 0.493 e. The van der Waals surface area contributed by atoms with E-state index in [1.807, 2.05) is 12.1 Å². The molecule has 1 N–H and O–H groups in total. The van der Waals surface area contributed by atoms with Crippen molar-refractivity contribution in [1.82, 2.24) is 9.97 Å². The minimum Gasteiger partial charge on any atom is -0.493 e. The Balaban J connectivity index is 2.08. The number of aromatic hydroxyl groups is 1. The van der Waals surface area contributed by atoms with Gasteiger partial charge in [-0.15, -0.1) is 0 Å². The van der Waals surface area contributed by atoms with Crippen molar-refractivity contribution in [2.24, 2.45) is 0 Å². The Morgan fingerprint density at radius 1 is 1.00 bits per heavy atom. The van der Waals surface area contributed by atoms with Crippen LogP contribution in [0.5, 0.6) is 5.88 Å². The summed E-state index contributed by atoms with van der Waals surface area (Å²) >= 11 is 5.86. The van der Waals surface area contributed by atoms with Crippen LogP contribution in [0.15, 0.2) is 24.3 Å². The van der Waals surface area contributed by atoms with Crippen molar-refractivity contribution in [3.63, 3.8) is 0 Å². The van der Waals surface area contributed by atoms with Crippen molar-refractivity contribution < 1.29 is 5.11 Å². The highest BCUT2D eigenvalue weighted by atomic mass is 35.5. The molecule has 0 fully saturated rings. The van der Waals surface area contributed by atoms with Crippen LogP contribution in [0.3, 0.4) is 0 Å². The predicted molar refractivity (Wildman–Crippen MR) is 70.8 cm³/mol. The lowest BCUT2D eigenvalue weighted by Crippen LogP contribution is -2.08. The fourth-order valence-electron chi connectivity index (χ4n) is 2.30. The van der Waals surface area contributed by atoms with Crippen LogP contribution in [-0.4, -0.2) is 15.1 Å². The average Bonchev–Trinajstić information content (AvgIpc) is 2.39. The first-order valence-corrected chi connectivity index (χ1v) is 6.46. The van der Waals surface area contributed by atoms with Gasteiger partial charge in [0.2, 0.25) is 5.88 Å². The molecule has 0 atom stereocenters. The number of aromatic nitrogens is 2. The molecule has 0 saturated heterocycles. The number of hydrogen-bond acceptors (Lipinski definition) is 3. The van der Waals surface area contributed by atoms with Gasteiger partial charge in [0.15, 0.2) is 5.82 Å². The fraction of sp³-hybridized carbons (Fsp3) is 0.286. The van der Waals surface area contributed by atoms with Crippen LogP contribution in [0.2, 0.25) is 5.02 Å². The van der Waals surface area contributed by atoms with E-state index in [2.05, 4.69) is 9.97 Å².